The van der Waals surface area contributed by atoms with Crippen LogP contribution in [0.15, 0.2) is 42.7 Å². The van der Waals surface area contributed by atoms with Crippen LogP contribution in [0.4, 0.5) is 5.82 Å². The summed E-state index contributed by atoms with van der Waals surface area (Å²) < 4.78 is 54.8. The Balaban J connectivity index is 1.71. The second kappa shape index (κ2) is 15.5. The van der Waals surface area contributed by atoms with E-state index in [9.17, 15) is 24.2 Å². The molecule has 18 heteroatoms. The van der Waals surface area contributed by atoms with Crippen LogP contribution in [0.2, 0.25) is 0 Å². The number of benzene rings is 1. The molecule has 3 N–H and O–H groups in total. The zero-order valence-corrected chi connectivity index (χ0v) is 29.7. The monoisotopic (exact) mass is 716 g/mol. The third-order valence-corrected chi connectivity index (χ3v) is 9.26. The van der Waals surface area contributed by atoms with Gasteiger partial charge in [-0.15, -0.1) is 0 Å². The Morgan fingerprint density at radius 1 is 1.12 bits per heavy atom. The third kappa shape index (κ3) is 8.58. The minimum Gasteiger partial charge on any atom is -0.462 e. The number of methoxy groups -OCH3 is 1. The summed E-state index contributed by atoms with van der Waals surface area (Å²) in [5.41, 5.74) is 5.04. The van der Waals surface area contributed by atoms with Crippen molar-refractivity contribution in [1.29, 1.82) is 5.26 Å². The third-order valence-electron chi connectivity index (χ3n) is 7.62. The smallest absolute Gasteiger partial charge is 0.459 e. The number of rotatable bonds is 14. The van der Waals surface area contributed by atoms with E-state index in [-0.39, 0.29) is 35.9 Å². The molecule has 0 bridgehead atoms. The highest BCUT2D eigenvalue weighted by Crippen LogP contribution is 2.48. The van der Waals surface area contributed by atoms with Gasteiger partial charge < -0.3 is 33.9 Å². The van der Waals surface area contributed by atoms with Crippen LogP contribution in [0.1, 0.15) is 52.8 Å². The first-order valence-electron chi connectivity index (χ1n) is 15.5. The summed E-state index contributed by atoms with van der Waals surface area (Å²) in [6, 6.07) is 10.6. The zero-order valence-electron chi connectivity index (χ0n) is 28.8. The molecule has 17 nitrogen and oxygen atoms in total. The Bertz CT molecular complexity index is 1790. The molecule has 50 heavy (non-hydrogen) atoms. The molecule has 3 aromatic rings. The summed E-state index contributed by atoms with van der Waals surface area (Å²) in [7, 11) is -3.05. The van der Waals surface area contributed by atoms with Gasteiger partial charge in [0, 0.05) is 21.0 Å². The molecule has 4 rings (SSSR count). The van der Waals surface area contributed by atoms with Gasteiger partial charge in [-0.1, -0.05) is 32.9 Å². The van der Waals surface area contributed by atoms with Gasteiger partial charge in [0.05, 0.1) is 18.9 Å². The summed E-state index contributed by atoms with van der Waals surface area (Å²) in [4.78, 5) is 41.4. The molecule has 0 saturated carbocycles. The Kier molecular flexibility index (Phi) is 11.9. The van der Waals surface area contributed by atoms with Crippen LogP contribution in [0, 0.1) is 11.3 Å². The number of carbonyl (C=O) groups is 3. The predicted molar refractivity (Wildman–Crippen MR) is 175 cm³/mol. The molecular formula is C32H41N6O11P. The molecule has 1 aromatic carbocycles. The molecule has 6 atom stereocenters. The highest BCUT2D eigenvalue weighted by molar-refractivity contribution is 7.52. The molecule has 1 fully saturated rings. The van der Waals surface area contributed by atoms with E-state index in [1.54, 1.807) is 24.3 Å². The van der Waals surface area contributed by atoms with E-state index >= 15 is 0 Å². The minimum absolute atomic E-state index is 0.0552. The number of esters is 3. The number of anilines is 1. The number of nitrogens with two attached hydrogens (primary N) is 1. The fourth-order valence-corrected chi connectivity index (χ4v) is 6.73. The molecule has 0 aliphatic carbocycles. The molecule has 0 radical (unpaired) electrons. The van der Waals surface area contributed by atoms with Crippen molar-refractivity contribution in [3.05, 3.63) is 54.0 Å². The molecule has 1 aliphatic rings. The maximum atomic E-state index is 14.4. The largest absolute Gasteiger partial charge is 0.462 e. The number of nitrogens with one attached hydrogen (secondary N) is 1. The highest BCUT2D eigenvalue weighted by atomic mass is 31.2. The van der Waals surface area contributed by atoms with E-state index in [0.29, 0.717) is 5.52 Å². The van der Waals surface area contributed by atoms with Gasteiger partial charge in [-0.3, -0.25) is 18.9 Å². The molecule has 0 spiro atoms. The lowest BCUT2D eigenvalue weighted by Crippen LogP contribution is -2.45. The van der Waals surface area contributed by atoms with Crippen molar-refractivity contribution in [3.63, 3.8) is 0 Å². The number of fused-ring (bicyclic) bond motifs is 1. The van der Waals surface area contributed by atoms with Crippen LogP contribution in [-0.2, 0) is 58.2 Å². The van der Waals surface area contributed by atoms with Crippen molar-refractivity contribution >= 4 is 37.0 Å². The van der Waals surface area contributed by atoms with Crippen LogP contribution in [0.25, 0.3) is 5.52 Å². The fraction of sp³-hybridized carbons (Fsp3) is 0.500. The Labute approximate surface area is 288 Å². The van der Waals surface area contributed by atoms with Gasteiger partial charge in [0.2, 0.25) is 5.60 Å². The van der Waals surface area contributed by atoms with Crippen LogP contribution < -0.4 is 15.3 Å². The summed E-state index contributed by atoms with van der Waals surface area (Å²) in [5.74, 6) is -2.16. The first-order chi connectivity index (χ1) is 23.5. The Hall–Kier alpha value is -4.59. The lowest BCUT2D eigenvalue weighted by Gasteiger charge is -2.28. The average molecular weight is 717 g/mol. The van der Waals surface area contributed by atoms with Crippen LogP contribution in [0.5, 0.6) is 5.75 Å². The van der Waals surface area contributed by atoms with Crippen LogP contribution in [-0.4, -0.2) is 83.8 Å². The SMILES string of the molecule is COCCOC(=O)[C@H](C)NP(=O)(OC[C@H]1O[C@@](C#N)(c2ccc3c(N)ncnn23)[C@H](OC(C)=O)[C@@H]1OC(C)=O)Oc1ccc(C(C)(C)C)cc1. The number of nitriles is 1. The van der Waals surface area contributed by atoms with Crippen molar-refractivity contribution in [2.75, 3.05) is 32.7 Å². The number of nitrogen functional groups attached to an aromatic ring is 1. The number of ether oxygens (including phenoxy) is 5. The normalized spacial score (nSPS) is 22.2. The van der Waals surface area contributed by atoms with Gasteiger partial charge in [-0.25, -0.2) is 14.1 Å². The molecule has 1 unspecified atom stereocenters. The van der Waals surface area contributed by atoms with Gasteiger partial charge in [-0.05, 0) is 42.2 Å². The van der Waals surface area contributed by atoms with Crippen LogP contribution in [0.3, 0.4) is 0 Å². The number of carbonyl (C=O) groups excluding carboxylic acids is 3. The highest BCUT2D eigenvalue weighted by Gasteiger charge is 2.62. The number of aromatic nitrogens is 3. The zero-order chi connectivity index (χ0) is 36.9. The van der Waals surface area contributed by atoms with Gasteiger partial charge in [0.25, 0.3) is 0 Å². The summed E-state index contributed by atoms with van der Waals surface area (Å²) in [6.07, 6.45) is -3.26. The molecule has 0 amide bonds. The molecule has 1 aliphatic heterocycles. The fourth-order valence-electron chi connectivity index (χ4n) is 5.23. The minimum atomic E-state index is -4.50. The first kappa shape index (κ1) is 38.2. The lowest BCUT2D eigenvalue weighted by atomic mass is 9.87. The van der Waals surface area contributed by atoms with Crippen molar-refractivity contribution in [2.24, 2.45) is 0 Å². The molecular weight excluding hydrogens is 675 g/mol. The van der Waals surface area contributed by atoms with E-state index in [4.69, 9.17) is 38.5 Å². The van der Waals surface area contributed by atoms with E-state index in [1.807, 2.05) is 20.8 Å². The van der Waals surface area contributed by atoms with Crippen molar-refractivity contribution in [2.45, 2.75) is 76.9 Å². The average Bonchev–Trinajstić information content (AvgIpc) is 3.60. The lowest BCUT2D eigenvalue weighted by molar-refractivity contribution is -0.166. The van der Waals surface area contributed by atoms with E-state index in [2.05, 4.69) is 21.2 Å². The van der Waals surface area contributed by atoms with E-state index in [0.717, 1.165) is 25.7 Å². The number of nitrogens with zero attached hydrogens (tertiary/aromatic N) is 4. The summed E-state index contributed by atoms with van der Waals surface area (Å²) in [6.45, 7) is 9.13. The number of hydrogen-bond donors (Lipinski definition) is 2. The maximum absolute atomic E-state index is 14.4. The van der Waals surface area contributed by atoms with E-state index in [1.165, 1.54) is 30.7 Å². The number of hydrogen-bond acceptors (Lipinski definition) is 15. The maximum Gasteiger partial charge on any atom is 0.459 e. The topological polar surface area (TPSA) is 225 Å². The molecule has 3 heterocycles. The van der Waals surface area contributed by atoms with Gasteiger partial charge in [-0.2, -0.15) is 15.4 Å². The standard InChI is InChI=1S/C32H41N6O11P/c1-19(30(41)44-15-14-43-7)37-50(42,49-23-10-8-22(9-11-23)31(4,5)6)45-16-25-27(46-20(2)39)28(47-21(3)40)32(17-33,48-25)26-13-12-24-29(34)35-18-36-38(24)26/h8-13,18-19,25,27-28H,14-16H2,1-7H3,(H,37,42)(H2,34,35,36)/t19-,25+,27+,28+,32-,50?/m0/s1. The van der Waals surface area contributed by atoms with Gasteiger partial charge >= 0.3 is 25.7 Å². The van der Waals surface area contributed by atoms with Crippen molar-refractivity contribution in [3.8, 4) is 11.8 Å². The summed E-state index contributed by atoms with van der Waals surface area (Å²) >= 11 is 0. The molecule has 270 valence electrons. The van der Waals surface area contributed by atoms with Gasteiger partial charge in [0.15, 0.2) is 18.0 Å². The Morgan fingerprint density at radius 2 is 1.80 bits per heavy atom. The van der Waals surface area contributed by atoms with Gasteiger partial charge in [0.1, 0.15) is 42.4 Å². The van der Waals surface area contributed by atoms with E-state index < -0.39 is 62.2 Å². The van der Waals surface area contributed by atoms with Crippen molar-refractivity contribution in [1.82, 2.24) is 19.7 Å². The molecule has 2 aromatic heterocycles. The predicted octanol–water partition coefficient (Wildman–Crippen LogP) is 2.96. The quantitative estimate of drug-likeness (QED) is 0.106. The van der Waals surface area contributed by atoms with Crippen LogP contribution >= 0.6 is 7.75 Å². The van der Waals surface area contributed by atoms with Crippen molar-refractivity contribution < 1.29 is 51.7 Å². The second-order valence-electron chi connectivity index (χ2n) is 12.4. The Morgan fingerprint density at radius 3 is 2.40 bits per heavy atom. The summed E-state index contributed by atoms with van der Waals surface area (Å²) in [5, 5.41) is 17.4. The second-order valence-corrected chi connectivity index (χ2v) is 14.1. The molecule has 1 saturated heterocycles. The first-order valence-corrected chi connectivity index (χ1v) is 17.1.